The minimum atomic E-state index is -0.0614. The number of benzene rings is 2. The van der Waals surface area contributed by atoms with Crippen molar-refractivity contribution in [2.45, 2.75) is 53.4 Å². The van der Waals surface area contributed by atoms with Gasteiger partial charge in [-0.1, -0.05) is 62.4 Å². The molecule has 0 saturated carbocycles. The highest BCUT2D eigenvalue weighted by atomic mass is 16.1. The van der Waals surface area contributed by atoms with Crippen LogP contribution in [0.3, 0.4) is 0 Å². The molecular weight excluding hydrogens is 356 g/mol. The van der Waals surface area contributed by atoms with Crippen molar-refractivity contribution in [1.29, 1.82) is 0 Å². The summed E-state index contributed by atoms with van der Waals surface area (Å²) in [5, 5.41) is 3.22. The summed E-state index contributed by atoms with van der Waals surface area (Å²) in [6, 6.07) is 18.7. The number of hydrogen-bond donors (Lipinski definition) is 1. The summed E-state index contributed by atoms with van der Waals surface area (Å²) >= 11 is 0. The standard InChI is InChI=1S/C26H30N2O/c1-5-21-13-10-14-22(6-2)25(21)28-26(29)24-19(4)27-18(3)17-23(24)16-15-20-11-8-7-9-12-20/h7-14,17H,5-6,15-16H2,1-4H3,(H,28,29). The number of carbonyl (C=O) groups is 1. The van der Waals surface area contributed by atoms with E-state index in [9.17, 15) is 4.79 Å². The first-order valence-corrected chi connectivity index (χ1v) is 10.5. The number of rotatable bonds is 7. The second kappa shape index (κ2) is 9.51. The van der Waals surface area contributed by atoms with Crippen molar-refractivity contribution in [2.75, 3.05) is 5.32 Å². The fraction of sp³-hybridized carbons (Fsp3) is 0.308. The molecule has 0 radical (unpaired) electrons. The highest BCUT2D eigenvalue weighted by Gasteiger charge is 2.18. The molecule has 0 unspecified atom stereocenters. The first-order chi connectivity index (χ1) is 14.0. The molecule has 0 saturated heterocycles. The first-order valence-electron chi connectivity index (χ1n) is 10.5. The Balaban J connectivity index is 1.93. The molecule has 3 rings (SSSR count). The first kappa shape index (κ1) is 20.8. The van der Waals surface area contributed by atoms with Gasteiger partial charge in [0.1, 0.15) is 0 Å². The molecule has 1 aromatic heterocycles. The van der Waals surface area contributed by atoms with Crippen molar-refractivity contribution in [3.05, 3.63) is 93.8 Å². The number of nitrogens with one attached hydrogen (secondary N) is 1. The van der Waals surface area contributed by atoms with E-state index >= 15 is 0 Å². The molecule has 29 heavy (non-hydrogen) atoms. The summed E-state index contributed by atoms with van der Waals surface area (Å²) in [7, 11) is 0. The zero-order valence-corrected chi connectivity index (χ0v) is 17.9. The fourth-order valence-corrected chi connectivity index (χ4v) is 3.92. The Kier molecular flexibility index (Phi) is 6.82. The number of para-hydroxylation sites is 1. The molecule has 0 aliphatic heterocycles. The van der Waals surface area contributed by atoms with Gasteiger partial charge in [0.05, 0.1) is 11.3 Å². The molecule has 0 atom stereocenters. The molecule has 1 heterocycles. The molecule has 2 aromatic carbocycles. The SMILES string of the molecule is CCc1cccc(CC)c1NC(=O)c1c(CCc2ccccc2)cc(C)nc1C. The molecule has 1 amide bonds. The minimum absolute atomic E-state index is 0.0614. The van der Waals surface area contributed by atoms with Crippen LogP contribution in [0, 0.1) is 13.8 Å². The van der Waals surface area contributed by atoms with E-state index in [0.29, 0.717) is 5.56 Å². The summed E-state index contributed by atoms with van der Waals surface area (Å²) < 4.78 is 0. The van der Waals surface area contributed by atoms with Crippen LogP contribution >= 0.6 is 0 Å². The van der Waals surface area contributed by atoms with Crippen LogP contribution in [0.2, 0.25) is 0 Å². The quantitative estimate of drug-likeness (QED) is 0.552. The van der Waals surface area contributed by atoms with Crippen LogP contribution in [-0.4, -0.2) is 10.9 Å². The smallest absolute Gasteiger partial charge is 0.257 e. The number of aryl methyl sites for hydroxylation is 6. The average molecular weight is 387 g/mol. The van der Waals surface area contributed by atoms with E-state index < -0.39 is 0 Å². The molecule has 150 valence electrons. The van der Waals surface area contributed by atoms with Gasteiger partial charge in [-0.3, -0.25) is 9.78 Å². The van der Waals surface area contributed by atoms with Gasteiger partial charge >= 0.3 is 0 Å². The van der Waals surface area contributed by atoms with Gasteiger partial charge in [-0.25, -0.2) is 0 Å². The third-order valence-electron chi connectivity index (χ3n) is 5.40. The largest absolute Gasteiger partial charge is 0.321 e. The highest BCUT2D eigenvalue weighted by Crippen LogP contribution is 2.25. The lowest BCUT2D eigenvalue weighted by atomic mass is 9.97. The highest BCUT2D eigenvalue weighted by molar-refractivity contribution is 6.06. The number of amides is 1. The number of anilines is 1. The van der Waals surface area contributed by atoms with Gasteiger partial charge in [-0.15, -0.1) is 0 Å². The monoisotopic (exact) mass is 386 g/mol. The Hall–Kier alpha value is -2.94. The topological polar surface area (TPSA) is 42.0 Å². The second-order valence-electron chi connectivity index (χ2n) is 7.48. The molecule has 0 spiro atoms. The zero-order valence-electron chi connectivity index (χ0n) is 17.9. The van der Waals surface area contributed by atoms with Crippen LogP contribution in [0.25, 0.3) is 0 Å². The van der Waals surface area contributed by atoms with Gasteiger partial charge in [0, 0.05) is 11.4 Å². The summed E-state index contributed by atoms with van der Waals surface area (Å²) in [5.74, 6) is -0.0614. The van der Waals surface area contributed by atoms with E-state index in [-0.39, 0.29) is 5.91 Å². The molecule has 3 nitrogen and oxygen atoms in total. The van der Waals surface area contributed by atoms with Crippen molar-refractivity contribution in [3.63, 3.8) is 0 Å². The molecule has 1 N–H and O–H groups in total. The van der Waals surface area contributed by atoms with Crippen molar-refractivity contribution in [3.8, 4) is 0 Å². The van der Waals surface area contributed by atoms with Crippen LogP contribution in [-0.2, 0) is 25.7 Å². The van der Waals surface area contributed by atoms with E-state index in [1.807, 2.05) is 19.9 Å². The molecule has 0 aliphatic carbocycles. The summed E-state index contributed by atoms with van der Waals surface area (Å²) in [5.41, 5.74) is 8.07. The normalized spacial score (nSPS) is 10.8. The fourth-order valence-electron chi connectivity index (χ4n) is 3.92. The van der Waals surface area contributed by atoms with Crippen molar-refractivity contribution >= 4 is 11.6 Å². The summed E-state index contributed by atoms with van der Waals surface area (Å²) in [6.07, 6.45) is 3.48. The predicted octanol–water partition coefficient (Wildman–Crippen LogP) is 5.86. The van der Waals surface area contributed by atoms with Gasteiger partial charge < -0.3 is 5.32 Å². The molecule has 3 aromatic rings. The maximum atomic E-state index is 13.4. The average Bonchev–Trinajstić information content (AvgIpc) is 2.72. The maximum Gasteiger partial charge on any atom is 0.257 e. The van der Waals surface area contributed by atoms with Crippen LogP contribution < -0.4 is 5.32 Å². The third kappa shape index (κ3) is 4.92. The van der Waals surface area contributed by atoms with Gasteiger partial charge in [-0.2, -0.15) is 0 Å². The van der Waals surface area contributed by atoms with Crippen LogP contribution in [0.15, 0.2) is 54.6 Å². The Morgan fingerprint density at radius 1 is 0.862 bits per heavy atom. The molecular formula is C26H30N2O. The van der Waals surface area contributed by atoms with Gasteiger partial charge in [0.25, 0.3) is 5.91 Å². The van der Waals surface area contributed by atoms with Crippen molar-refractivity contribution in [1.82, 2.24) is 4.98 Å². The van der Waals surface area contributed by atoms with Crippen molar-refractivity contribution < 1.29 is 4.79 Å². The predicted molar refractivity (Wildman–Crippen MR) is 121 cm³/mol. The zero-order chi connectivity index (χ0) is 20.8. The lowest BCUT2D eigenvalue weighted by molar-refractivity contribution is 0.102. The molecule has 3 heteroatoms. The number of pyridine rings is 1. The number of nitrogens with zero attached hydrogens (tertiary/aromatic N) is 1. The van der Waals surface area contributed by atoms with Crippen LogP contribution in [0.5, 0.6) is 0 Å². The van der Waals surface area contributed by atoms with Crippen molar-refractivity contribution in [2.24, 2.45) is 0 Å². The second-order valence-corrected chi connectivity index (χ2v) is 7.48. The van der Waals surface area contributed by atoms with Gasteiger partial charge in [0.2, 0.25) is 0 Å². The molecule has 0 bridgehead atoms. The van der Waals surface area contributed by atoms with Gasteiger partial charge in [-0.05, 0) is 67.9 Å². The molecule has 0 fully saturated rings. The maximum absolute atomic E-state index is 13.4. The van der Waals surface area contributed by atoms with E-state index in [4.69, 9.17) is 0 Å². The van der Waals surface area contributed by atoms with Crippen LogP contribution in [0.4, 0.5) is 5.69 Å². The molecule has 0 aliphatic rings. The van der Waals surface area contributed by atoms with E-state index in [0.717, 1.165) is 48.3 Å². The lowest BCUT2D eigenvalue weighted by Gasteiger charge is -2.17. The summed E-state index contributed by atoms with van der Waals surface area (Å²) in [6.45, 7) is 8.16. The van der Waals surface area contributed by atoms with Gasteiger partial charge in [0.15, 0.2) is 0 Å². The van der Waals surface area contributed by atoms with Crippen LogP contribution in [0.1, 0.15) is 57.8 Å². The van der Waals surface area contributed by atoms with E-state index in [2.05, 4.69) is 72.7 Å². The van der Waals surface area contributed by atoms with E-state index in [1.165, 1.54) is 16.7 Å². The number of aromatic nitrogens is 1. The Morgan fingerprint density at radius 2 is 1.52 bits per heavy atom. The van der Waals surface area contributed by atoms with E-state index in [1.54, 1.807) is 0 Å². The third-order valence-corrected chi connectivity index (χ3v) is 5.40. The minimum Gasteiger partial charge on any atom is -0.321 e. The Bertz CT molecular complexity index is 971. The lowest BCUT2D eigenvalue weighted by Crippen LogP contribution is -2.19. The Morgan fingerprint density at radius 3 is 2.14 bits per heavy atom. The number of hydrogen-bond acceptors (Lipinski definition) is 2. The number of carbonyl (C=O) groups excluding carboxylic acids is 1. The Labute approximate surface area is 174 Å². The summed E-state index contributed by atoms with van der Waals surface area (Å²) in [4.78, 5) is 17.9.